The summed E-state index contributed by atoms with van der Waals surface area (Å²) in [7, 11) is 1.62. The van der Waals surface area contributed by atoms with E-state index in [1.807, 2.05) is 29.0 Å². The molecule has 3 fully saturated rings. The first-order valence-corrected chi connectivity index (χ1v) is 9.71. The van der Waals surface area contributed by atoms with Crippen LogP contribution in [0.25, 0.3) is 10.9 Å². The fourth-order valence-electron chi connectivity index (χ4n) is 4.92. The molecule has 140 valence electrons. The molecule has 2 N–H and O–H groups in total. The van der Waals surface area contributed by atoms with Gasteiger partial charge in [-0.2, -0.15) is 0 Å². The smallest absolute Gasteiger partial charge is 0.253 e. The number of aromatic nitrogens is 1. The second-order valence-electron chi connectivity index (χ2n) is 7.98. The van der Waals surface area contributed by atoms with E-state index < -0.39 is 0 Å². The number of aliphatic hydroxyl groups is 1. The van der Waals surface area contributed by atoms with Crippen LogP contribution >= 0.6 is 0 Å². The first-order valence-electron chi connectivity index (χ1n) is 9.71. The van der Waals surface area contributed by atoms with Crippen LogP contribution in [0.1, 0.15) is 48.9 Å². The van der Waals surface area contributed by atoms with Crippen LogP contribution in [0.3, 0.4) is 0 Å². The normalized spacial score (nSPS) is 24.8. The van der Waals surface area contributed by atoms with Gasteiger partial charge in [0.05, 0.1) is 30.2 Å². The van der Waals surface area contributed by atoms with Crippen LogP contribution in [-0.4, -0.2) is 35.8 Å². The van der Waals surface area contributed by atoms with E-state index in [4.69, 9.17) is 4.74 Å². The van der Waals surface area contributed by atoms with Crippen molar-refractivity contribution in [2.75, 3.05) is 20.3 Å². The van der Waals surface area contributed by atoms with Crippen molar-refractivity contribution in [2.24, 2.45) is 11.3 Å². The van der Waals surface area contributed by atoms with Gasteiger partial charge in [0.1, 0.15) is 5.75 Å². The molecule has 1 aromatic carbocycles. The Morgan fingerprint density at radius 2 is 2.04 bits per heavy atom. The molecule has 1 aromatic heterocycles. The predicted octanol–water partition coefficient (Wildman–Crippen LogP) is 3.34. The van der Waals surface area contributed by atoms with E-state index in [9.17, 15) is 9.90 Å². The van der Waals surface area contributed by atoms with Gasteiger partial charge in [0, 0.05) is 19.3 Å². The Balaban J connectivity index is 1.60. The average Bonchev–Trinajstić information content (AvgIpc) is 3.07. The van der Waals surface area contributed by atoms with Crippen molar-refractivity contribution in [2.45, 2.75) is 45.1 Å². The quantitative estimate of drug-likeness (QED) is 0.834. The van der Waals surface area contributed by atoms with E-state index >= 15 is 0 Å². The third-order valence-electron chi connectivity index (χ3n) is 6.55. The lowest BCUT2D eigenvalue weighted by molar-refractivity contribution is 0.0597. The lowest BCUT2D eigenvalue weighted by Gasteiger charge is -2.46. The summed E-state index contributed by atoms with van der Waals surface area (Å²) in [6.45, 7) is 1.26. The highest BCUT2D eigenvalue weighted by Crippen LogP contribution is 2.49. The molecule has 0 radical (unpaired) electrons. The zero-order valence-electron chi connectivity index (χ0n) is 15.5. The van der Waals surface area contributed by atoms with Gasteiger partial charge in [-0.15, -0.1) is 0 Å². The first-order chi connectivity index (χ1) is 12.7. The van der Waals surface area contributed by atoms with Gasteiger partial charge >= 0.3 is 0 Å². The topological polar surface area (TPSA) is 63.5 Å². The number of carbonyl (C=O) groups is 1. The molecule has 0 saturated heterocycles. The molecule has 3 saturated carbocycles. The van der Waals surface area contributed by atoms with Crippen molar-refractivity contribution in [3.8, 4) is 5.75 Å². The number of amides is 1. The first kappa shape index (κ1) is 17.4. The Hall–Kier alpha value is -2.01. The van der Waals surface area contributed by atoms with E-state index in [0.717, 1.165) is 23.4 Å². The molecule has 2 bridgehead atoms. The summed E-state index contributed by atoms with van der Waals surface area (Å²) in [5, 5.41) is 13.4. The highest BCUT2D eigenvalue weighted by atomic mass is 16.5. The number of hydrogen-bond donors (Lipinski definition) is 2. The summed E-state index contributed by atoms with van der Waals surface area (Å²) in [5.41, 5.74) is 1.85. The molecular formula is C21H28N2O3. The highest BCUT2D eigenvalue weighted by molar-refractivity contribution is 6.09. The third kappa shape index (κ3) is 2.98. The van der Waals surface area contributed by atoms with Crippen LogP contribution in [-0.2, 0) is 6.54 Å². The van der Waals surface area contributed by atoms with E-state index in [1.165, 1.54) is 38.5 Å². The lowest BCUT2D eigenvalue weighted by atomic mass is 9.61. The van der Waals surface area contributed by atoms with Crippen LogP contribution in [0.2, 0.25) is 0 Å². The number of aliphatic hydroxyl groups excluding tert-OH is 1. The Morgan fingerprint density at radius 3 is 2.69 bits per heavy atom. The molecule has 2 aromatic rings. The van der Waals surface area contributed by atoms with Crippen molar-refractivity contribution < 1.29 is 14.6 Å². The third-order valence-corrected chi connectivity index (χ3v) is 6.55. The van der Waals surface area contributed by atoms with Crippen molar-refractivity contribution in [1.29, 1.82) is 0 Å². The number of rotatable bonds is 6. The van der Waals surface area contributed by atoms with Gasteiger partial charge in [-0.1, -0.05) is 6.07 Å². The van der Waals surface area contributed by atoms with E-state index in [1.54, 1.807) is 7.11 Å². The summed E-state index contributed by atoms with van der Waals surface area (Å²) in [6.07, 6.45) is 9.53. The summed E-state index contributed by atoms with van der Waals surface area (Å²) in [4.78, 5) is 13.0. The molecule has 0 atom stereocenters. The molecule has 1 heterocycles. The van der Waals surface area contributed by atoms with Gasteiger partial charge in [-0.25, -0.2) is 0 Å². The van der Waals surface area contributed by atoms with Crippen LogP contribution in [0.5, 0.6) is 5.75 Å². The zero-order valence-corrected chi connectivity index (χ0v) is 15.5. The monoisotopic (exact) mass is 356 g/mol. The fourth-order valence-corrected chi connectivity index (χ4v) is 4.92. The Morgan fingerprint density at radius 1 is 1.31 bits per heavy atom. The highest BCUT2D eigenvalue weighted by Gasteiger charge is 2.40. The average molecular weight is 356 g/mol. The van der Waals surface area contributed by atoms with Gasteiger partial charge in [-0.3, -0.25) is 4.79 Å². The number of ether oxygens (including phenoxy) is 1. The van der Waals surface area contributed by atoms with Crippen LogP contribution in [0.15, 0.2) is 24.4 Å². The van der Waals surface area contributed by atoms with Gasteiger partial charge in [0.25, 0.3) is 5.91 Å². The maximum absolute atomic E-state index is 13.0. The minimum absolute atomic E-state index is 0.0341. The van der Waals surface area contributed by atoms with Crippen LogP contribution in [0, 0.1) is 11.3 Å². The maximum Gasteiger partial charge on any atom is 0.253 e. The lowest BCUT2D eigenvalue weighted by Crippen LogP contribution is -2.43. The summed E-state index contributed by atoms with van der Waals surface area (Å²) in [6, 6.07) is 5.76. The van der Waals surface area contributed by atoms with Crippen molar-refractivity contribution in [3.63, 3.8) is 0 Å². The molecular weight excluding hydrogens is 328 g/mol. The van der Waals surface area contributed by atoms with Gasteiger partial charge in [0.2, 0.25) is 0 Å². The Labute approximate surface area is 154 Å². The number of nitrogens with one attached hydrogen (secondary N) is 1. The minimum atomic E-state index is -0.0433. The summed E-state index contributed by atoms with van der Waals surface area (Å²) >= 11 is 0. The SMILES string of the molecule is COc1cccc2c1c(C(=O)NCC13CCC(CC1)CC3)cn2CCO. The number of carbonyl (C=O) groups excluding carboxylic acids is 1. The number of nitrogens with zero attached hydrogens (tertiary/aromatic N) is 1. The zero-order chi connectivity index (χ0) is 18.1. The van der Waals surface area contributed by atoms with Crippen molar-refractivity contribution in [3.05, 3.63) is 30.0 Å². The maximum atomic E-state index is 13.0. The minimum Gasteiger partial charge on any atom is -0.496 e. The standard InChI is InChI=1S/C21H28N2O3/c1-26-18-4-2-3-17-19(18)16(13-23(17)11-12-24)20(25)22-14-21-8-5-15(6-9-21)7-10-21/h2-4,13,15,24H,5-12,14H2,1H3,(H,22,25). The van der Waals surface area contributed by atoms with Crippen molar-refractivity contribution in [1.82, 2.24) is 9.88 Å². The molecule has 1 amide bonds. The van der Waals surface area contributed by atoms with Gasteiger partial charge < -0.3 is 19.7 Å². The summed E-state index contributed by atoms with van der Waals surface area (Å²) in [5.74, 6) is 1.58. The predicted molar refractivity (Wildman–Crippen MR) is 102 cm³/mol. The van der Waals surface area contributed by atoms with Crippen molar-refractivity contribution >= 4 is 16.8 Å². The second kappa shape index (κ2) is 6.95. The number of methoxy groups -OCH3 is 1. The van der Waals surface area contributed by atoms with E-state index in [2.05, 4.69) is 5.32 Å². The van der Waals surface area contributed by atoms with E-state index in [0.29, 0.717) is 23.3 Å². The summed E-state index contributed by atoms with van der Waals surface area (Å²) < 4.78 is 7.42. The molecule has 3 aliphatic rings. The van der Waals surface area contributed by atoms with Gasteiger partial charge in [0.15, 0.2) is 0 Å². The molecule has 26 heavy (non-hydrogen) atoms. The number of benzene rings is 1. The molecule has 0 aliphatic heterocycles. The molecule has 5 nitrogen and oxygen atoms in total. The largest absolute Gasteiger partial charge is 0.496 e. The molecule has 3 aliphatic carbocycles. The number of fused-ring (bicyclic) bond motifs is 4. The Kier molecular flexibility index (Phi) is 4.65. The molecule has 0 unspecified atom stereocenters. The van der Waals surface area contributed by atoms with Gasteiger partial charge in [-0.05, 0) is 62.0 Å². The fraction of sp³-hybridized carbons (Fsp3) is 0.571. The molecule has 5 rings (SSSR count). The molecule has 0 spiro atoms. The second-order valence-corrected chi connectivity index (χ2v) is 7.98. The Bertz CT molecular complexity index is 789. The van der Waals surface area contributed by atoms with E-state index in [-0.39, 0.29) is 12.5 Å². The molecule has 5 heteroatoms. The number of hydrogen-bond acceptors (Lipinski definition) is 3. The van der Waals surface area contributed by atoms with Crippen LogP contribution < -0.4 is 10.1 Å². The van der Waals surface area contributed by atoms with Crippen LogP contribution in [0.4, 0.5) is 0 Å².